The number of hydrogen-bond acceptors (Lipinski definition) is 3. The maximum Gasteiger partial charge on any atom is 1.00 e. The first-order valence-corrected chi connectivity index (χ1v) is 9.66. The number of sulfonamides is 1. The maximum atomic E-state index is 13.1. The Hall–Kier alpha value is -1.82. The second-order valence-electron chi connectivity index (χ2n) is 6.33. The van der Waals surface area contributed by atoms with Crippen LogP contribution >= 0.6 is 0 Å². The molecular formula is C19H14F6NNaO3S. The predicted octanol–water partition coefficient (Wildman–Crippen LogP) is 1.45. The molecule has 0 bridgehead atoms. The molecule has 31 heavy (non-hydrogen) atoms. The average molecular weight is 473 g/mol. The van der Waals surface area contributed by atoms with Gasteiger partial charge in [-0.3, -0.25) is 0 Å². The van der Waals surface area contributed by atoms with Crippen LogP contribution in [0, 0.1) is 13.8 Å². The number of rotatable bonds is 4. The van der Waals surface area contributed by atoms with Gasteiger partial charge in [0.1, 0.15) is 0 Å². The number of halogens is 6. The van der Waals surface area contributed by atoms with Gasteiger partial charge in [-0.2, -0.15) is 39.2 Å². The summed E-state index contributed by atoms with van der Waals surface area (Å²) in [5.74, 6) is -1.83. The van der Waals surface area contributed by atoms with Crippen LogP contribution < -0.4 is 34.7 Å². The minimum atomic E-state index is -5.33. The van der Waals surface area contributed by atoms with Crippen molar-refractivity contribution in [3.63, 3.8) is 0 Å². The Balaban J connectivity index is 0.00000480. The molecule has 2 aromatic rings. The molecule has 0 fully saturated rings. The summed E-state index contributed by atoms with van der Waals surface area (Å²) in [6.45, 7) is 3.51. The number of alkyl halides is 6. The van der Waals surface area contributed by atoms with E-state index in [0.29, 0.717) is 16.5 Å². The third kappa shape index (κ3) is 7.37. The zero-order valence-corrected chi connectivity index (χ0v) is 19.3. The summed E-state index contributed by atoms with van der Waals surface area (Å²) >= 11 is 0. The van der Waals surface area contributed by atoms with Crippen molar-refractivity contribution in [1.29, 1.82) is 0 Å². The van der Waals surface area contributed by atoms with Crippen LogP contribution in [0.25, 0.3) is 6.08 Å². The topological polar surface area (TPSA) is 69.6 Å². The number of benzene rings is 2. The van der Waals surface area contributed by atoms with Gasteiger partial charge < -0.3 is 5.11 Å². The van der Waals surface area contributed by atoms with Crippen molar-refractivity contribution < 1.29 is 69.4 Å². The summed E-state index contributed by atoms with van der Waals surface area (Å²) < 4.78 is 104. The van der Waals surface area contributed by atoms with Crippen LogP contribution in [-0.4, -0.2) is 14.3 Å². The Kier molecular flexibility index (Phi) is 8.57. The minimum Gasteiger partial charge on any atom is -0.858 e. The fourth-order valence-electron chi connectivity index (χ4n) is 2.51. The molecule has 0 aliphatic heterocycles. The summed E-state index contributed by atoms with van der Waals surface area (Å²) in [7, 11) is -4.65. The zero-order valence-electron chi connectivity index (χ0n) is 16.5. The van der Waals surface area contributed by atoms with Crippen LogP contribution in [0.1, 0.15) is 33.4 Å². The molecule has 0 saturated carbocycles. The normalized spacial score (nSPS) is 13.4. The Morgan fingerprint density at radius 2 is 1.58 bits per heavy atom. The van der Waals surface area contributed by atoms with E-state index in [9.17, 15) is 39.9 Å². The molecule has 4 nitrogen and oxygen atoms in total. The fraction of sp³-hybridized carbons (Fsp3) is 0.211. The van der Waals surface area contributed by atoms with Gasteiger partial charge >= 0.3 is 41.9 Å². The van der Waals surface area contributed by atoms with Gasteiger partial charge in [-0.15, -0.1) is 0 Å². The SMILES string of the molecule is Cc1ccc(/C=C/S(=O)(=O)/N=C(\[O-])c2ccc(C(F)(F)F)cc2C(F)(F)F)c(C)c1.[Na+]. The molecule has 0 N–H and O–H groups in total. The first-order chi connectivity index (χ1) is 13.6. The van der Waals surface area contributed by atoms with Crippen molar-refractivity contribution in [3.05, 3.63) is 75.2 Å². The molecular weight excluding hydrogens is 459 g/mol. The number of hydrogen-bond donors (Lipinski definition) is 0. The second kappa shape index (κ2) is 9.76. The standard InChI is InChI=1S/C19H15F6NO3S.Na/c1-11-3-4-13(12(2)9-11)7-8-30(28,29)26-17(27)15-6-5-14(18(20,21)22)10-16(15)19(23,24)25;/h3-10H,1-2H3,(H,26,27);/q;+1/p-1/b8-7+;. The van der Waals surface area contributed by atoms with Crippen molar-refractivity contribution in [2.75, 3.05) is 0 Å². The molecule has 0 heterocycles. The van der Waals surface area contributed by atoms with E-state index < -0.39 is 45.0 Å². The van der Waals surface area contributed by atoms with E-state index in [1.165, 1.54) is 0 Å². The summed E-state index contributed by atoms with van der Waals surface area (Å²) in [4.78, 5) is 0. The average Bonchev–Trinajstić information content (AvgIpc) is 2.58. The van der Waals surface area contributed by atoms with Crippen LogP contribution in [0.15, 0.2) is 46.2 Å². The second-order valence-corrected chi connectivity index (χ2v) is 7.81. The summed E-state index contributed by atoms with van der Waals surface area (Å²) in [6, 6.07) is 5.28. The van der Waals surface area contributed by atoms with E-state index in [1.807, 2.05) is 6.92 Å². The van der Waals surface area contributed by atoms with Crippen molar-refractivity contribution >= 4 is 22.0 Å². The minimum absolute atomic E-state index is 0. The van der Waals surface area contributed by atoms with Gasteiger partial charge in [-0.1, -0.05) is 29.8 Å². The van der Waals surface area contributed by atoms with Gasteiger partial charge in [0, 0.05) is 5.90 Å². The molecule has 0 atom stereocenters. The molecule has 0 saturated heterocycles. The van der Waals surface area contributed by atoms with Crippen molar-refractivity contribution in [2.45, 2.75) is 26.2 Å². The Morgan fingerprint density at radius 3 is 2.10 bits per heavy atom. The predicted molar refractivity (Wildman–Crippen MR) is 96.9 cm³/mol. The smallest absolute Gasteiger partial charge is 0.858 e. The van der Waals surface area contributed by atoms with Gasteiger partial charge in [-0.25, -0.2) is 0 Å². The molecule has 0 aliphatic rings. The molecule has 0 spiro atoms. The van der Waals surface area contributed by atoms with Crippen molar-refractivity contribution in [2.24, 2.45) is 4.40 Å². The first-order valence-electron chi connectivity index (χ1n) is 8.16. The van der Waals surface area contributed by atoms with Gasteiger partial charge in [-0.05, 0) is 48.7 Å². The van der Waals surface area contributed by atoms with Gasteiger partial charge in [0.15, 0.2) is 0 Å². The molecule has 0 amide bonds. The van der Waals surface area contributed by atoms with E-state index in [-0.39, 0.29) is 47.8 Å². The third-order valence-electron chi connectivity index (χ3n) is 3.94. The van der Waals surface area contributed by atoms with Crippen molar-refractivity contribution in [3.8, 4) is 0 Å². The van der Waals surface area contributed by atoms with Crippen LogP contribution in [0.5, 0.6) is 0 Å². The van der Waals surface area contributed by atoms with Crippen LogP contribution in [0.3, 0.4) is 0 Å². The first kappa shape index (κ1) is 27.2. The van der Waals surface area contributed by atoms with E-state index >= 15 is 0 Å². The van der Waals surface area contributed by atoms with Gasteiger partial charge in [0.2, 0.25) is 0 Å². The Morgan fingerprint density at radius 1 is 0.968 bits per heavy atom. The largest absolute Gasteiger partial charge is 1.00 e. The van der Waals surface area contributed by atoms with Gasteiger partial charge in [0.25, 0.3) is 10.0 Å². The molecule has 0 aromatic heterocycles. The maximum absolute atomic E-state index is 13.1. The Labute approximate surface area is 196 Å². The molecule has 0 radical (unpaired) electrons. The molecule has 2 rings (SSSR count). The number of aryl methyl sites for hydroxylation is 2. The van der Waals surface area contributed by atoms with E-state index in [0.717, 1.165) is 11.6 Å². The molecule has 12 heteroatoms. The Bertz CT molecular complexity index is 1120. The molecule has 0 aliphatic carbocycles. The fourth-order valence-corrected chi connectivity index (χ4v) is 3.22. The van der Waals surface area contributed by atoms with E-state index in [2.05, 4.69) is 4.40 Å². The van der Waals surface area contributed by atoms with Gasteiger partial charge in [0.05, 0.1) is 16.5 Å². The molecule has 2 aromatic carbocycles. The summed E-state index contributed by atoms with van der Waals surface area (Å²) in [5, 5.41) is 12.6. The quantitative estimate of drug-likeness (QED) is 0.292. The monoisotopic (exact) mass is 473 g/mol. The van der Waals surface area contributed by atoms with Crippen LogP contribution in [-0.2, 0) is 22.4 Å². The molecule has 162 valence electrons. The summed E-state index contributed by atoms with van der Waals surface area (Å²) in [5.41, 5.74) is -2.79. The number of nitrogens with zero attached hydrogens (tertiary/aromatic N) is 1. The van der Waals surface area contributed by atoms with Crippen LogP contribution in [0.4, 0.5) is 26.3 Å². The van der Waals surface area contributed by atoms with Crippen LogP contribution in [0.2, 0.25) is 0 Å². The van der Waals surface area contributed by atoms with E-state index in [4.69, 9.17) is 0 Å². The zero-order chi connectivity index (χ0) is 22.9. The third-order valence-corrected chi connectivity index (χ3v) is 4.84. The summed E-state index contributed by atoms with van der Waals surface area (Å²) in [6.07, 6.45) is -9.31. The molecule has 0 unspecified atom stereocenters. The van der Waals surface area contributed by atoms with E-state index in [1.54, 1.807) is 25.1 Å². The van der Waals surface area contributed by atoms with Crippen molar-refractivity contribution in [1.82, 2.24) is 0 Å².